The van der Waals surface area contributed by atoms with Gasteiger partial charge in [0.2, 0.25) is 5.91 Å². The molecular weight excluding hydrogens is 220 g/mol. The van der Waals surface area contributed by atoms with Gasteiger partial charge in [0.25, 0.3) is 0 Å². The Kier molecular flexibility index (Phi) is 4.66. The first-order chi connectivity index (χ1) is 8.08. The summed E-state index contributed by atoms with van der Waals surface area (Å²) in [4.78, 5) is 22.7. The molecule has 0 saturated carbocycles. The Labute approximate surface area is 100 Å². The number of hydrogen-bond donors (Lipinski definition) is 2. The summed E-state index contributed by atoms with van der Waals surface area (Å²) in [7, 11) is 3.03. The number of anilines is 1. The van der Waals surface area contributed by atoms with Gasteiger partial charge in [-0.25, -0.2) is 4.79 Å². The summed E-state index contributed by atoms with van der Waals surface area (Å²) in [6, 6.07) is 4.99. The third kappa shape index (κ3) is 3.57. The Morgan fingerprint density at radius 3 is 2.59 bits per heavy atom. The molecule has 17 heavy (non-hydrogen) atoms. The molecule has 1 amide bonds. The van der Waals surface area contributed by atoms with Gasteiger partial charge in [-0.1, -0.05) is 0 Å². The molecule has 2 N–H and O–H groups in total. The maximum Gasteiger partial charge on any atom is 0.337 e. The van der Waals surface area contributed by atoms with Gasteiger partial charge in [0.05, 0.1) is 19.2 Å². The molecule has 0 fully saturated rings. The van der Waals surface area contributed by atoms with Crippen LogP contribution >= 0.6 is 0 Å². The number of amides is 1. The lowest BCUT2D eigenvalue weighted by Gasteiger charge is -2.09. The molecule has 0 heterocycles. The fourth-order valence-electron chi connectivity index (χ4n) is 1.40. The first-order valence-corrected chi connectivity index (χ1v) is 5.22. The van der Waals surface area contributed by atoms with Crippen LogP contribution in [-0.4, -0.2) is 32.6 Å². The van der Waals surface area contributed by atoms with Crippen molar-refractivity contribution in [3.05, 3.63) is 29.3 Å². The highest BCUT2D eigenvalue weighted by Gasteiger charge is 2.08. The van der Waals surface area contributed by atoms with Crippen molar-refractivity contribution in [3.63, 3.8) is 0 Å². The van der Waals surface area contributed by atoms with E-state index in [4.69, 9.17) is 0 Å². The van der Waals surface area contributed by atoms with Crippen molar-refractivity contribution in [1.29, 1.82) is 0 Å². The normalized spacial score (nSPS) is 9.82. The molecule has 0 aliphatic rings. The van der Waals surface area contributed by atoms with Crippen LogP contribution in [-0.2, 0) is 9.53 Å². The van der Waals surface area contributed by atoms with E-state index in [9.17, 15) is 9.59 Å². The standard InChI is InChI=1S/C12H16N2O3/c1-8-6-9(12(16)17-3)4-5-10(8)14-11(15)7-13-2/h4-6,13H,7H2,1-3H3,(H,14,15). The lowest BCUT2D eigenvalue weighted by Crippen LogP contribution is -2.25. The smallest absolute Gasteiger partial charge is 0.337 e. The zero-order chi connectivity index (χ0) is 12.8. The first kappa shape index (κ1) is 13.2. The average molecular weight is 236 g/mol. The lowest BCUT2D eigenvalue weighted by molar-refractivity contribution is -0.115. The fraction of sp³-hybridized carbons (Fsp3) is 0.333. The second kappa shape index (κ2) is 6.00. The fourth-order valence-corrected chi connectivity index (χ4v) is 1.40. The monoisotopic (exact) mass is 236 g/mol. The summed E-state index contributed by atoms with van der Waals surface area (Å²) >= 11 is 0. The van der Waals surface area contributed by atoms with E-state index in [1.165, 1.54) is 7.11 Å². The predicted octanol–water partition coefficient (Wildman–Crippen LogP) is 0.940. The van der Waals surface area contributed by atoms with Crippen LogP contribution in [0.4, 0.5) is 5.69 Å². The Balaban J connectivity index is 2.83. The van der Waals surface area contributed by atoms with Crippen LogP contribution in [0, 0.1) is 6.92 Å². The van der Waals surface area contributed by atoms with Crippen LogP contribution in [0.3, 0.4) is 0 Å². The number of esters is 1. The Bertz CT molecular complexity index is 430. The van der Waals surface area contributed by atoms with Crippen LogP contribution in [0.5, 0.6) is 0 Å². The van der Waals surface area contributed by atoms with Gasteiger partial charge >= 0.3 is 5.97 Å². The highest BCUT2D eigenvalue weighted by molar-refractivity contribution is 5.94. The minimum Gasteiger partial charge on any atom is -0.465 e. The molecule has 0 radical (unpaired) electrons. The van der Waals surface area contributed by atoms with E-state index in [-0.39, 0.29) is 18.4 Å². The van der Waals surface area contributed by atoms with Crippen molar-refractivity contribution in [2.24, 2.45) is 0 Å². The van der Waals surface area contributed by atoms with Crippen LogP contribution < -0.4 is 10.6 Å². The number of nitrogens with one attached hydrogen (secondary N) is 2. The van der Waals surface area contributed by atoms with Gasteiger partial charge in [0.15, 0.2) is 0 Å². The van der Waals surface area contributed by atoms with E-state index < -0.39 is 0 Å². The number of hydrogen-bond acceptors (Lipinski definition) is 4. The summed E-state index contributed by atoms with van der Waals surface area (Å²) in [5, 5.41) is 5.50. The molecule has 92 valence electrons. The van der Waals surface area contributed by atoms with Gasteiger partial charge in [-0.05, 0) is 37.7 Å². The van der Waals surface area contributed by atoms with E-state index in [1.807, 2.05) is 6.92 Å². The van der Waals surface area contributed by atoms with Crippen molar-refractivity contribution >= 4 is 17.6 Å². The summed E-state index contributed by atoms with van der Waals surface area (Å²) in [5.74, 6) is -0.511. The third-order valence-corrected chi connectivity index (χ3v) is 2.26. The molecule has 0 aliphatic carbocycles. The lowest BCUT2D eigenvalue weighted by atomic mass is 10.1. The quantitative estimate of drug-likeness (QED) is 0.763. The Hall–Kier alpha value is -1.88. The summed E-state index contributed by atoms with van der Waals surface area (Å²) < 4.78 is 4.61. The molecule has 1 rings (SSSR count). The van der Waals surface area contributed by atoms with Crippen molar-refractivity contribution in [1.82, 2.24) is 5.32 Å². The van der Waals surface area contributed by atoms with E-state index in [0.29, 0.717) is 11.3 Å². The highest BCUT2D eigenvalue weighted by atomic mass is 16.5. The van der Waals surface area contributed by atoms with Crippen molar-refractivity contribution in [2.45, 2.75) is 6.92 Å². The van der Waals surface area contributed by atoms with E-state index in [2.05, 4.69) is 15.4 Å². The van der Waals surface area contributed by atoms with Gasteiger partial charge in [-0.2, -0.15) is 0 Å². The van der Waals surface area contributed by atoms with Gasteiger partial charge < -0.3 is 15.4 Å². The Morgan fingerprint density at radius 2 is 2.06 bits per heavy atom. The van der Waals surface area contributed by atoms with Gasteiger partial charge in [-0.3, -0.25) is 4.79 Å². The maximum absolute atomic E-state index is 11.4. The summed E-state index contributed by atoms with van der Waals surface area (Å²) in [5.41, 5.74) is 1.98. The molecule has 1 aromatic carbocycles. The number of carbonyl (C=O) groups is 2. The van der Waals surface area contributed by atoms with Gasteiger partial charge in [0, 0.05) is 5.69 Å². The van der Waals surface area contributed by atoms with Crippen LogP contribution in [0.1, 0.15) is 15.9 Å². The number of ether oxygens (including phenoxy) is 1. The van der Waals surface area contributed by atoms with Crippen molar-refractivity contribution in [3.8, 4) is 0 Å². The first-order valence-electron chi connectivity index (χ1n) is 5.22. The second-order valence-corrected chi connectivity index (χ2v) is 3.60. The maximum atomic E-state index is 11.4. The van der Waals surface area contributed by atoms with Crippen molar-refractivity contribution in [2.75, 3.05) is 26.0 Å². The van der Waals surface area contributed by atoms with Crippen molar-refractivity contribution < 1.29 is 14.3 Å². The predicted molar refractivity (Wildman–Crippen MR) is 65.1 cm³/mol. The molecule has 0 atom stereocenters. The minimum absolute atomic E-state index is 0.124. The molecule has 0 unspecified atom stereocenters. The topological polar surface area (TPSA) is 67.4 Å². The molecule has 0 bridgehead atoms. The molecule has 0 aromatic heterocycles. The van der Waals surface area contributed by atoms with Crippen LogP contribution in [0.25, 0.3) is 0 Å². The molecule has 0 aliphatic heterocycles. The van der Waals surface area contributed by atoms with E-state index in [1.54, 1.807) is 25.2 Å². The largest absolute Gasteiger partial charge is 0.465 e. The number of likely N-dealkylation sites (N-methyl/N-ethyl adjacent to an activating group) is 1. The second-order valence-electron chi connectivity index (χ2n) is 3.60. The molecule has 5 nitrogen and oxygen atoms in total. The summed E-state index contributed by atoms with van der Waals surface area (Å²) in [6.45, 7) is 2.07. The number of carbonyl (C=O) groups excluding carboxylic acids is 2. The molecule has 0 spiro atoms. The van der Waals surface area contributed by atoms with E-state index in [0.717, 1.165) is 5.56 Å². The molecular formula is C12H16N2O3. The Morgan fingerprint density at radius 1 is 1.35 bits per heavy atom. The van der Waals surface area contributed by atoms with Gasteiger partial charge in [0.1, 0.15) is 0 Å². The SMILES string of the molecule is CNCC(=O)Nc1ccc(C(=O)OC)cc1C. The molecule has 1 aromatic rings. The number of methoxy groups -OCH3 is 1. The zero-order valence-electron chi connectivity index (χ0n) is 10.2. The number of rotatable bonds is 4. The van der Waals surface area contributed by atoms with Gasteiger partial charge in [-0.15, -0.1) is 0 Å². The molecule has 5 heteroatoms. The third-order valence-electron chi connectivity index (χ3n) is 2.26. The van der Waals surface area contributed by atoms with Crippen LogP contribution in [0.15, 0.2) is 18.2 Å². The van der Waals surface area contributed by atoms with E-state index >= 15 is 0 Å². The highest BCUT2D eigenvalue weighted by Crippen LogP contribution is 2.16. The minimum atomic E-state index is -0.388. The summed E-state index contributed by atoms with van der Waals surface area (Å²) in [6.07, 6.45) is 0. The van der Waals surface area contributed by atoms with Crippen LogP contribution in [0.2, 0.25) is 0 Å². The number of benzene rings is 1. The average Bonchev–Trinajstić information content (AvgIpc) is 2.31. The zero-order valence-corrected chi connectivity index (χ0v) is 10.2. The molecule has 0 saturated heterocycles. The number of aryl methyl sites for hydroxylation is 1.